The second kappa shape index (κ2) is 3.49. The Bertz CT molecular complexity index is 372. The summed E-state index contributed by atoms with van der Waals surface area (Å²) in [4.78, 5) is 21.2. The Hall–Kier alpha value is -1.84. The van der Waals surface area contributed by atoms with E-state index in [0.29, 0.717) is 11.1 Å². The molecule has 0 aliphatic carbocycles. The van der Waals surface area contributed by atoms with Crippen LogP contribution in [-0.2, 0) is 0 Å². The lowest BCUT2D eigenvalue weighted by Crippen LogP contribution is -2.27. The van der Waals surface area contributed by atoms with Crippen molar-refractivity contribution in [2.75, 3.05) is 0 Å². The van der Waals surface area contributed by atoms with E-state index in [1.807, 2.05) is 0 Å². The molecule has 0 fully saturated rings. The van der Waals surface area contributed by atoms with E-state index in [1.54, 1.807) is 13.8 Å². The van der Waals surface area contributed by atoms with Gasteiger partial charge in [0.2, 0.25) is 0 Å². The molecule has 0 aliphatic heterocycles. The summed E-state index contributed by atoms with van der Waals surface area (Å²) in [5.41, 5.74) is 0.726. The first-order chi connectivity index (χ1) is 6.43. The third-order valence-electron chi connectivity index (χ3n) is 2.01. The maximum Gasteiger partial charge on any atom is 0.0718 e. The molecule has 14 heavy (non-hydrogen) atoms. The number of aryl methyl sites for hydroxylation is 2. The van der Waals surface area contributed by atoms with Gasteiger partial charge in [-0.25, -0.2) is 0 Å². The van der Waals surface area contributed by atoms with Crippen LogP contribution in [-0.4, -0.2) is 11.9 Å². The first-order valence-electron chi connectivity index (χ1n) is 3.97. The Morgan fingerprint density at radius 1 is 0.929 bits per heavy atom. The van der Waals surface area contributed by atoms with E-state index in [2.05, 4.69) is 0 Å². The number of carboxylic acids is 2. The van der Waals surface area contributed by atoms with Crippen LogP contribution in [0, 0.1) is 13.8 Å². The van der Waals surface area contributed by atoms with Gasteiger partial charge in [-0.1, -0.05) is 6.07 Å². The molecule has 0 radical (unpaired) electrons. The van der Waals surface area contributed by atoms with Gasteiger partial charge in [0.1, 0.15) is 0 Å². The maximum atomic E-state index is 10.6. The SMILES string of the molecule is Cc1cc(C)c(C(=O)[O-])cc1C(=O)[O-]. The van der Waals surface area contributed by atoms with Gasteiger partial charge in [0, 0.05) is 11.1 Å². The van der Waals surface area contributed by atoms with Crippen molar-refractivity contribution in [3.05, 3.63) is 34.4 Å². The van der Waals surface area contributed by atoms with Gasteiger partial charge in [-0.15, -0.1) is 0 Å². The Labute approximate surface area is 80.8 Å². The molecular formula is C10H8O4-2. The number of hydrogen-bond acceptors (Lipinski definition) is 4. The highest BCUT2D eigenvalue weighted by Gasteiger charge is 2.05. The zero-order valence-electron chi connectivity index (χ0n) is 7.79. The van der Waals surface area contributed by atoms with Crippen LogP contribution < -0.4 is 10.2 Å². The van der Waals surface area contributed by atoms with Gasteiger partial charge >= 0.3 is 0 Å². The van der Waals surface area contributed by atoms with E-state index in [0.717, 1.165) is 6.07 Å². The highest BCUT2D eigenvalue weighted by Crippen LogP contribution is 2.14. The van der Waals surface area contributed by atoms with Gasteiger partial charge in [0.25, 0.3) is 0 Å². The number of carboxylic acid groups (broad SMARTS) is 2. The van der Waals surface area contributed by atoms with Crippen LogP contribution in [0.1, 0.15) is 31.8 Å². The molecule has 0 amide bonds. The summed E-state index contributed by atoms with van der Waals surface area (Å²) in [5, 5.41) is 21.2. The van der Waals surface area contributed by atoms with Gasteiger partial charge < -0.3 is 19.8 Å². The molecule has 74 valence electrons. The van der Waals surface area contributed by atoms with E-state index < -0.39 is 11.9 Å². The van der Waals surface area contributed by atoms with Crippen molar-refractivity contribution in [1.82, 2.24) is 0 Å². The average molecular weight is 192 g/mol. The lowest BCUT2D eigenvalue weighted by Gasteiger charge is -2.13. The number of carbonyl (C=O) groups is 2. The molecule has 1 aromatic rings. The fraction of sp³-hybridized carbons (Fsp3) is 0.200. The number of benzene rings is 1. The standard InChI is InChI=1S/C10H10O4/c1-5-3-6(2)8(10(13)14)4-7(5)9(11)12/h3-4H,1-2H3,(H,11,12)(H,13,14)/p-2. The van der Waals surface area contributed by atoms with Gasteiger partial charge in [0.15, 0.2) is 0 Å². The summed E-state index contributed by atoms with van der Waals surface area (Å²) >= 11 is 0. The summed E-state index contributed by atoms with van der Waals surface area (Å²) in [7, 11) is 0. The average Bonchev–Trinajstić information content (AvgIpc) is 2.02. The van der Waals surface area contributed by atoms with E-state index in [1.165, 1.54) is 6.07 Å². The van der Waals surface area contributed by atoms with Crippen LogP contribution >= 0.6 is 0 Å². The molecule has 1 aromatic carbocycles. The van der Waals surface area contributed by atoms with Crippen LogP contribution in [0.2, 0.25) is 0 Å². The predicted octanol–water partition coefficient (Wildman–Crippen LogP) is -0.970. The van der Waals surface area contributed by atoms with E-state index in [9.17, 15) is 19.8 Å². The number of hydrogen-bond donors (Lipinski definition) is 0. The second-order valence-electron chi connectivity index (χ2n) is 3.06. The highest BCUT2D eigenvalue weighted by molar-refractivity contribution is 5.94. The lowest BCUT2D eigenvalue weighted by molar-refractivity contribution is -0.255. The molecule has 0 saturated heterocycles. The second-order valence-corrected chi connectivity index (χ2v) is 3.06. The maximum absolute atomic E-state index is 10.6. The third kappa shape index (κ3) is 1.74. The third-order valence-corrected chi connectivity index (χ3v) is 2.01. The number of aromatic carboxylic acids is 2. The van der Waals surface area contributed by atoms with Crippen molar-refractivity contribution < 1.29 is 19.8 Å². The fourth-order valence-electron chi connectivity index (χ4n) is 1.29. The first kappa shape index (κ1) is 10.2. The van der Waals surface area contributed by atoms with Gasteiger partial charge in [-0.3, -0.25) is 0 Å². The molecule has 0 heterocycles. The van der Waals surface area contributed by atoms with Crippen LogP contribution in [0.25, 0.3) is 0 Å². The molecule has 4 heteroatoms. The van der Waals surface area contributed by atoms with Crippen molar-refractivity contribution in [3.8, 4) is 0 Å². The molecule has 0 spiro atoms. The lowest BCUT2D eigenvalue weighted by atomic mass is 10.0. The fourth-order valence-corrected chi connectivity index (χ4v) is 1.29. The highest BCUT2D eigenvalue weighted by atomic mass is 16.4. The molecule has 0 aromatic heterocycles. The quantitative estimate of drug-likeness (QED) is 0.603. The van der Waals surface area contributed by atoms with Gasteiger partial charge in [0.05, 0.1) is 11.9 Å². The number of rotatable bonds is 2. The van der Waals surface area contributed by atoms with Crippen molar-refractivity contribution >= 4 is 11.9 Å². The first-order valence-corrected chi connectivity index (χ1v) is 3.97. The largest absolute Gasteiger partial charge is 0.545 e. The Morgan fingerprint density at radius 3 is 1.57 bits per heavy atom. The van der Waals surface area contributed by atoms with Crippen LogP contribution in [0.5, 0.6) is 0 Å². The molecule has 0 aliphatic rings. The van der Waals surface area contributed by atoms with Gasteiger partial charge in [-0.2, -0.15) is 0 Å². The topological polar surface area (TPSA) is 80.3 Å². The molecule has 0 N–H and O–H groups in total. The molecule has 0 saturated carbocycles. The summed E-state index contributed by atoms with van der Waals surface area (Å²) in [6, 6.07) is 2.55. The van der Waals surface area contributed by atoms with Crippen molar-refractivity contribution in [2.24, 2.45) is 0 Å². The van der Waals surface area contributed by atoms with Crippen molar-refractivity contribution in [1.29, 1.82) is 0 Å². The Kier molecular flexibility index (Phi) is 2.56. The smallest absolute Gasteiger partial charge is 0.0718 e. The Balaban J connectivity index is 3.42. The van der Waals surface area contributed by atoms with E-state index >= 15 is 0 Å². The normalized spacial score (nSPS) is 9.86. The van der Waals surface area contributed by atoms with Crippen molar-refractivity contribution in [2.45, 2.75) is 13.8 Å². The number of carbonyl (C=O) groups excluding carboxylic acids is 2. The Morgan fingerprint density at radius 2 is 1.29 bits per heavy atom. The zero-order valence-corrected chi connectivity index (χ0v) is 7.79. The van der Waals surface area contributed by atoms with Crippen LogP contribution in [0.4, 0.5) is 0 Å². The molecule has 0 bridgehead atoms. The summed E-state index contributed by atoms with van der Waals surface area (Å²) < 4.78 is 0. The van der Waals surface area contributed by atoms with Gasteiger partial charge in [-0.05, 0) is 31.0 Å². The van der Waals surface area contributed by atoms with E-state index in [-0.39, 0.29) is 11.1 Å². The summed E-state index contributed by atoms with van der Waals surface area (Å²) in [5.74, 6) is -2.77. The minimum Gasteiger partial charge on any atom is -0.545 e. The van der Waals surface area contributed by atoms with Crippen molar-refractivity contribution in [3.63, 3.8) is 0 Å². The van der Waals surface area contributed by atoms with Crippen LogP contribution in [0.3, 0.4) is 0 Å². The molecular weight excluding hydrogens is 184 g/mol. The van der Waals surface area contributed by atoms with Crippen LogP contribution in [0.15, 0.2) is 12.1 Å². The molecule has 0 atom stereocenters. The monoisotopic (exact) mass is 192 g/mol. The van der Waals surface area contributed by atoms with E-state index in [4.69, 9.17) is 0 Å². The summed E-state index contributed by atoms with van der Waals surface area (Å²) in [6.45, 7) is 3.16. The summed E-state index contributed by atoms with van der Waals surface area (Å²) in [6.07, 6.45) is 0. The molecule has 0 unspecified atom stereocenters. The molecule has 4 nitrogen and oxygen atoms in total. The minimum absolute atomic E-state index is 0.116. The predicted molar refractivity (Wildman–Crippen MR) is 44.6 cm³/mol. The minimum atomic E-state index is -1.38. The zero-order chi connectivity index (χ0) is 10.9. The molecule has 1 rings (SSSR count).